The molecule has 1 aromatic rings. The van der Waals surface area contributed by atoms with Crippen molar-refractivity contribution in [1.82, 2.24) is 9.88 Å². The Morgan fingerprint density at radius 3 is 3.18 bits per heavy atom. The lowest BCUT2D eigenvalue weighted by Gasteiger charge is -2.23. The van der Waals surface area contributed by atoms with Gasteiger partial charge in [0, 0.05) is 25.0 Å². The molecule has 17 heavy (non-hydrogen) atoms. The summed E-state index contributed by atoms with van der Waals surface area (Å²) in [6, 6.07) is 2.02. The number of pyridine rings is 1. The number of carboxylic acids is 1. The highest BCUT2D eigenvalue weighted by Crippen LogP contribution is 2.24. The predicted octanol–water partition coefficient (Wildman–Crippen LogP) is 2.17. The molecule has 4 nitrogen and oxygen atoms in total. The van der Waals surface area contributed by atoms with Crippen LogP contribution in [0.2, 0.25) is 5.02 Å². The van der Waals surface area contributed by atoms with Crippen LogP contribution in [-0.4, -0.2) is 33.5 Å². The highest BCUT2D eigenvalue weighted by atomic mass is 35.5. The average Bonchev–Trinajstić information content (AvgIpc) is 2.68. The Morgan fingerprint density at radius 2 is 2.47 bits per heavy atom. The second-order valence-electron chi connectivity index (χ2n) is 4.33. The second-order valence-corrected chi connectivity index (χ2v) is 4.74. The third-order valence-corrected chi connectivity index (χ3v) is 3.48. The van der Waals surface area contributed by atoms with Crippen LogP contribution in [0.5, 0.6) is 0 Å². The van der Waals surface area contributed by atoms with Gasteiger partial charge >= 0.3 is 5.97 Å². The molecule has 0 amide bonds. The molecule has 2 heterocycles. The lowest BCUT2D eigenvalue weighted by Crippen LogP contribution is -2.30. The average molecular weight is 255 g/mol. The van der Waals surface area contributed by atoms with Crippen molar-refractivity contribution in [2.75, 3.05) is 6.54 Å². The summed E-state index contributed by atoms with van der Waals surface area (Å²) < 4.78 is 0. The van der Waals surface area contributed by atoms with Crippen molar-refractivity contribution in [1.29, 1.82) is 0 Å². The maximum Gasteiger partial charge on any atom is 0.304 e. The minimum Gasteiger partial charge on any atom is -0.481 e. The number of aromatic nitrogens is 1. The fourth-order valence-electron chi connectivity index (χ4n) is 2.29. The molecule has 0 saturated carbocycles. The zero-order chi connectivity index (χ0) is 12.3. The molecule has 0 radical (unpaired) electrons. The summed E-state index contributed by atoms with van der Waals surface area (Å²) in [6.45, 7) is 1.65. The van der Waals surface area contributed by atoms with Gasteiger partial charge in [0.1, 0.15) is 0 Å². The number of carbonyl (C=O) groups is 1. The van der Waals surface area contributed by atoms with Crippen LogP contribution in [0, 0.1) is 0 Å². The maximum absolute atomic E-state index is 10.8. The fraction of sp³-hybridized carbons (Fsp3) is 0.500. The quantitative estimate of drug-likeness (QED) is 0.895. The molecule has 0 spiro atoms. The highest BCUT2D eigenvalue weighted by molar-refractivity contribution is 6.31. The molecule has 0 aromatic carbocycles. The van der Waals surface area contributed by atoms with Gasteiger partial charge < -0.3 is 5.11 Å². The van der Waals surface area contributed by atoms with E-state index in [2.05, 4.69) is 9.88 Å². The predicted molar refractivity (Wildman–Crippen MR) is 64.9 cm³/mol. The van der Waals surface area contributed by atoms with Gasteiger partial charge in [-0.05, 0) is 31.0 Å². The van der Waals surface area contributed by atoms with E-state index >= 15 is 0 Å². The minimum atomic E-state index is -0.734. The first-order chi connectivity index (χ1) is 8.16. The lowest BCUT2D eigenvalue weighted by molar-refractivity contribution is -0.138. The Bertz CT molecular complexity index is 411. The molecule has 1 aliphatic rings. The Labute approximate surface area is 105 Å². The molecule has 1 saturated heterocycles. The van der Waals surface area contributed by atoms with Gasteiger partial charge in [-0.15, -0.1) is 0 Å². The van der Waals surface area contributed by atoms with E-state index in [4.69, 9.17) is 16.7 Å². The van der Waals surface area contributed by atoms with E-state index in [-0.39, 0.29) is 12.5 Å². The Hall–Kier alpha value is -1.13. The van der Waals surface area contributed by atoms with Crippen LogP contribution < -0.4 is 0 Å². The Balaban J connectivity index is 2.03. The largest absolute Gasteiger partial charge is 0.481 e. The number of likely N-dealkylation sites (tertiary alicyclic amines) is 1. The van der Waals surface area contributed by atoms with Gasteiger partial charge in [0.2, 0.25) is 0 Å². The number of hydrogen-bond acceptors (Lipinski definition) is 3. The van der Waals surface area contributed by atoms with Gasteiger partial charge in [-0.1, -0.05) is 11.6 Å². The van der Waals surface area contributed by atoms with Crippen LogP contribution in [0.15, 0.2) is 18.5 Å². The number of halogens is 1. The number of nitrogens with zero attached hydrogens (tertiary/aromatic N) is 2. The van der Waals surface area contributed by atoms with E-state index in [0.717, 1.165) is 24.9 Å². The van der Waals surface area contributed by atoms with E-state index in [0.29, 0.717) is 11.6 Å². The van der Waals surface area contributed by atoms with Crippen LogP contribution in [0.3, 0.4) is 0 Å². The molecule has 0 aliphatic carbocycles. The fourth-order valence-corrected chi connectivity index (χ4v) is 2.47. The van der Waals surface area contributed by atoms with Crippen molar-refractivity contribution < 1.29 is 9.90 Å². The zero-order valence-electron chi connectivity index (χ0n) is 9.47. The van der Waals surface area contributed by atoms with Crippen molar-refractivity contribution in [2.24, 2.45) is 0 Å². The van der Waals surface area contributed by atoms with Crippen LogP contribution in [0.4, 0.5) is 0 Å². The molecule has 1 fully saturated rings. The molecular formula is C12H15ClN2O2. The summed E-state index contributed by atoms with van der Waals surface area (Å²) in [4.78, 5) is 16.9. The lowest BCUT2D eigenvalue weighted by atomic mass is 10.1. The molecule has 0 bridgehead atoms. The summed E-state index contributed by atoms with van der Waals surface area (Å²) >= 11 is 6.05. The molecule has 1 aliphatic heterocycles. The van der Waals surface area contributed by atoms with Crippen molar-refractivity contribution in [3.8, 4) is 0 Å². The topological polar surface area (TPSA) is 53.4 Å². The molecule has 2 rings (SSSR count). The van der Waals surface area contributed by atoms with Crippen LogP contribution in [0.1, 0.15) is 24.8 Å². The van der Waals surface area contributed by atoms with E-state index in [1.54, 1.807) is 12.4 Å². The van der Waals surface area contributed by atoms with Gasteiger partial charge in [0.15, 0.2) is 0 Å². The van der Waals surface area contributed by atoms with E-state index in [9.17, 15) is 4.79 Å². The first-order valence-electron chi connectivity index (χ1n) is 5.71. The number of hydrogen-bond donors (Lipinski definition) is 1. The molecule has 1 aromatic heterocycles. The molecule has 1 N–H and O–H groups in total. The number of rotatable bonds is 4. The van der Waals surface area contributed by atoms with Gasteiger partial charge in [-0.25, -0.2) is 0 Å². The van der Waals surface area contributed by atoms with Crippen LogP contribution in [-0.2, 0) is 11.3 Å². The van der Waals surface area contributed by atoms with Crippen molar-refractivity contribution in [2.45, 2.75) is 31.8 Å². The summed E-state index contributed by atoms with van der Waals surface area (Å²) in [6.07, 6.45) is 5.56. The van der Waals surface area contributed by atoms with Crippen molar-refractivity contribution in [3.63, 3.8) is 0 Å². The minimum absolute atomic E-state index is 0.136. The summed E-state index contributed by atoms with van der Waals surface area (Å²) in [5, 5.41) is 9.50. The Kier molecular flexibility index (Phi) is 3.97. The first kappa shape index (κ1) is 12.3. The van der Waals surface area contributed by atoms with Gasteiger partial charge in [0.25, 0.3) is 0 Å². The summed E-state index contributed by atoms with van der Waals surface area (Å²) in [5.41, 5.74) is 1.01. The van der Waals surface area contributed by atoms with Gasteiger partial charge in [-0.2, -0.15) is 0 Å². The van der Waals surface area contributed by atoms with Crippen molar-refractivity contribution in [3.05, 3.63) is 29.0 Å². The van der Waals surface area contributed by atoms with Gasteiger partial charge in [0.05, 0.1) is 11.4 Å². The molecule has 1 unspecified atom stereocenters. The smallest absolute Gasteiger partial charge is 0.304 e. The first-order valence-corrected chi connectivity index (χ1v) is 6.09. The third-order valence-electron chi connectivity index (χ3n) is 3.14. The van der Waals surface area contributed by atoms with E-state index in [1.165, 1.54) is 0 Å². The van der Waals surface area contributed by atoms with E-state index < -0.39 is 5.97 Å². The summed E-state index contributed by atoms with van der Waals surface area (Å²) in [5.74, 6) is -0.734. The van der Waals surface area contributed by atoms with Crippen molar-refractivity contribution >= 4 is 17.6 Å². The standard InChI is InChI=1S/C12H15ClN2O2/c13-11-7-14-4-3-9(11)8-15-5-1-2-10(15)6-12(16)17/h3-4,7,10H,1-2,5-6,8H2,(H,16,17). The molecular weight excluding hydrogens is 240 g/mol. The summed E-state index contributed by atoms with van der Waals surface area (Å²) in [7, 11) is 0. The number of aliphatic carboxylic acids is 1. The molecule has 1 atom stereocenters. The zero-order valence-corrected chi connectivity index (χ0v) is 10.2. The second kappa shape index (κ2) is 5.47. The normalized spacial score (nSPS) is 20.6. The molecule has 5 heteroatoms. The van der Waals surface area contributed by atoms with Crippen LogP contribution >= 0.6 is 11.6 Å². The molecule has 92 valence electrons. The van der Waals surface area contributed by atoms with Gasteiger partial charge in [-0.3, -0.25) is 14.7 Å². The highest BCUT2D eigenvalue weighted by Gasteiger charge is 2.26. The number of carboxylic acid groups (broad SMARTS) is 1. The monoisotopic (exact) mass is 254 g/mol. The van der Waals surface area contributed by atoms with Crippen LogP contribution in [0.25, 0.3) is 0 Å². The van der Waals surface area contributed by atoms with E-state index in [1.807, 2.05) is 6.07 Å². The Morgan fingerprint density at radius 1 is 1.65 bits per heavy atom. The SMILES string of the molecule is O=C(O)CC1CCCN1Cc1ccncc1Cl. The maximum atomic E-state index is 10.8. The third kappa shape index (κ3) is 3.17.